The second kappa shape index (κ2) is 5.31. The molecule has 1 aromatic carbocycles. The van der Waals surface area contributed by atoms with E-state index in [2.05, 4.69) is 21.6 Å². The van der Waals surface area contributed by atoms with E-state index in [-0.39, 0.29) is 11.4 Å². The van der Waals surface area contributed by atoms with Crippen LogP contribution in [0.5, 0.6) is 0 Å². The minimum absolute atomic E-state index is 0.00350. The highest BCUT2D eigenvalue weighted by molar-refractivity contribution is 7.99. The summed E-state index contributed by atoms with van der Waals surface area (Å²) in [5.74, 6) is 0.339. The van der Waals surface area contributed by atoms with Gasteiger partial charge in [0.05, 0.1) is 16.0 Å². The number of nitrogens with one attached hydrogen (secondary N) is 1. The third-order valence-corrected chi connectivity index (χ3v) is 4.70. The van der Waals surface area contributed by atoms with Crippen molar-refractivity contribution in [2.45, 2.75) is 31.5 Å². The lowest BCUT2D eigenvalue weighted by molar-refractivity contribution is -0.119. The fourth-order valence-corrected chi connectivity index (χ4v) is 3.80. The van der Waals surface area contributed by atoms with Gasteiger partial charge in [-0.3, -0.25) is 9.20 Å². The van der Waals surface area contributed by atoms with E-state index in [0.717, 1.165) is 15.6 Å². The molecule has 0 aliphatic heterocycles. The Morgan fingerprint density at radius 3 is 2.86 bits per heavy atom. The van der Waals surface area contributed by atoms with Gasteiger partial charge in [0, 0.05) is 5.54 Å². The summed E-state index contributed by atoms with van der Waals surface area (Å²) in [6, 6.07) is 8.11. The van der Waals surface area contributed by atoms with Crippen LogP contribution in [0.15, 0.2) is 29.4 Å². The predicted octanol–water partition coefficient (Wildman–Crippen LogP) is 2.95. The molecule has 3 aromatic rings. The summed E-state index contributed by atoms with van der Waals surface area (Å²) in [5, 5.41) is 12.1. The number of amides is 1. The summed E-state index contributed by atoms with van der Waals surface area (Å²) in [4.78, 5) is 12.8. The van der Waals surface area contributed by atoms with Crippen molar-refractivity contribution in [1.82, 2.24) is 19.9 Å². The number of thioether (sulfide) groups is 1. The Balaban J connectivity index is 1.83. The number of nitrogens with zero attached hydrogens (tertiary/aromatic N) is 3. The molecule has 0 aliphatic carbocycles. The molecule has 1 amide bonds. The Labute approximate surface area is 130 Å². The number of carbonyl (C=O) groups excluding carboxylic acids is 1. The van der Waals surface area contributed by atoms with Crippen molar-refractivity contribution in [2.75, 3.05) is 5.75 Å². The minimum Gasteiger partial charge on any atom is -0.351 e. The topological polar surface area (TPSA) is 59.3 Å². The molecule has 0 saturated heterocycles. The number of hydrogen-bond donors (Lipinski definition) is 1. The number of rotatable bonds is 3. The zero-order valence-corrected chi connectivity index (χ0v) is 13.7. The standard InChI is InChI=1S/C14H16N4OS2/c1-14(2,3)15-11(19)8-20-12-16-17-13-18(12)9-6-4-5-7-10(9)21-13/h4-7H,8H2,1-3H3,(H,15,19). The van der Waals surface area contributed by atoms with Crippen LogP contribution in [-0.2, 0) is 4.79 Å². The van der Waals surface area contributed by atoms with E-state index in [9.17, 15) is 4.79 Å². The summed E-state index contributed by atoms with van der Waals surface area (Å²) < 4.78 is 3.18. The van der Waals surface area contributed by atoms with Gasteiger partial charge in [0.1, 0.15) is 0 Å². The van der Waals surface area contributed by atoms with Gasteiger partial charge in [-0.2, -0.15) is 0 Å². The molecule has 7 heteroatoms. The average Bonchev–Trinajstić information content (AvgIpc) is 2.93. The second-order valence-electron chi connectivity index (χ2n) is 5.76. The fourth-order valence-electron chi connectivity index (χ4n) is 2.03. The van der Waals surface area contributed by atoms with Gasteiger partial charge in [0.25, 0.3) is 0 Å². The SMILES string of the molecule is CC(C)(C)NC(=O)CSc1nnc2sc3ccccc3n12. The highest BCUT2D eigenvalue weighted by Gasteiger charge is 2.16. The normalized spacial score (nSPS) is 12.1. The van der Waals surface area contributed by atoms with Gasteiger partial charge in [-0.25, -0.2) is 0 Å². The van der Waals surface area contributed by atoms with Crippen molar-refractivity contribution in [2.24, 2.45) is 0 Å². The van der Waals surface area contributed by atoms with Crippen molar-refractivity contribution in [3.63, 3.8) is 0 Å². The minimum atomic E-state index is -0.215. The number of aromatic nitrogens is 3. The Kier molecular flexibility index (Phi) is 3.62. The van der Waals surface area contributed by atoms with E-state index < -0.39 is 0 Å². The van der Waals surface area contributed by atoms with E-state index in [4.69, 9.17) is 0 Å². The van der Waals surface area contributed by atoms with Gasteiger partial charge < -0.3 is 5.32 Å². The molecule has 21 heavy (non-hydrogen) atoms. The molecule has 1 N–H and O–H groups in total. The van der Waals surface area contributed by atoms with Crippen LogP contribution < -0.4 is 5.32 Å². The summed E-state index contributed by atoms with van der Waals surface area (Å²) >= 11 is 3.01. The first-order chi connectivity index (χ1) is 9.94. The monoisotopic (exact) mass is 320 g/mol. The number of thiazole rings is 1. The molecular formula is C14H16N4OS2. The first-order valence-corrected chi connectivity index (χ1v) is 8.41. The summed E-state index contributed by atoms with van der Waals surface area (Å²) in [6.45, 7) is 5.91. The van der Waals surface area contributed by atoms with Crippen molar-refractivity contribution in [1.29, 1.82) is 0 Å². The highest BCUT2D eigenvalue weighted by atomic mass is 32.2. The lowest BCUT2D eigenvalue weighted by Crippen LogP contribution is -2.41. The zero-order chi connectivity index (χ0) is 15.0. The summed E-state index contributed by atoms with van der Waals surface area (Å²) in [6.07, 6.45) is 0. The molecule has 0 spiro atoms. The van der Waals surface area contributed by atoms with Gasteiger partial charge >= 0.3 is 0 Å². The quantitative estimate of drug-likeness (QED) is 0.754. The summed E-state index contributed by atoms with van der Waals surface area (Å²) in [5.41, 5.74) is 0.869. The van der Waals surface area contributed by atoms with Crippen LogP contribution in [0.4, 0.5) is 0 Å². The van der Waals surface area contributed by atoms with Gasteiger partial charge in [0.2, 0.25) is 10.9 Å². The number of para-hydroxylation sites is 1. The Morgan fingerprint density at radius 1 is 1.33 bits per heavy atom. The molecule has 0 radical (unpaired) electrons. The number of carbonyl (C=O) groups is 1. The van der Waals surface area contributed by atoms with Gasteiger partial charge in [-0.15, -0.1) is 10.2 Å². The Hall–Kier alpha value is -1.60. The molecule has 0 aliphatic rings. The molecule has 110 valence electrons. The number of benzene rings is 1. The van der Waals surface area contributed by atoms with Crippen molar-refractivity contribution < 1.29 is 4.79 Å². The Bertz CT molecular complexity index is 800. The zero-order valence-electron chi connectivity index (χ0n) is 12.1. The molecule has 3 rings (SSSR count). The lowest BCUT2D eigenvalue weighted by Gasteiger charge is -2.20. The van der Waals surface area contributed by atoms with Crippen LogP contribution in [0.25, 0.3) is 15.2 Å². The fraction of sp³-hybridized carbons (Fsp3) is 0.357. The number of fused-ring (bicyclic) bond motifs is 3. The van der Waals surface area contributed by atoms with Gasteiger partial charge in [-0.1, -0.05) is 35.2 Å². The first kappa shape index (κ1) is 14.3. The largest absolute Gasteiger partial charge is 0.351 e. The molecular weight excluding hydrogens is 304 g/mol. The molecule has 0 atom stereocenters. The van der Waals surface area contributed by atoms with Crippen LogP contribution in [0.3, 0.4) is 0 Å². The third kappa shape index (κ3) is 3.03. The molecule has 5 nitrogen and oxygen atoms in total. The number of hydrogen-bond acceptors (Lipinski definition) is 5. The van der Waals surface area contributed by atoms with Crippen molar-refractivity contribution >= 4 is 44.2 Å². The second-order valence-corrected chi connectivity index (χ2v) is 7.71. The predicted molar refractivity (Wildman–Crippen MR) is 87.0 cm³/mol. The third-order valence-electron chi connectivity index (χ3n) is 2.76. The van der Waals surface area contributed by atoms with Crippen molar-refractivity contribution in [3.05, 3.63) is 24.3 Å². The van der Waals surface area contributed by atoms with E-state index in [0.29, 0.717) is 5.75 Å². The van der Waals surface area contributed by atoms with Gasteiger partial charge in [-0.05, 0) is 32.9 Å². The van der Waals surface area contributed by atoms with E-state index in [1.807, 2.05) is 43.4 Å². The molecule has 0 fully saturated rings. The lowest BCUT2D eigenvalue weighted by atomic mass is 10.1. The van der Waals surface area contributed by atoms with Crippen LogP contribution in [0.1, 0.15) is 20.8 Å². The highest BCUT2D eigenvalue weighted by Crippen LogP contribution is 2.29. The maximum Gasteiger partial charge on any atom is 0.230 e. The average molecular weight is 320 g/mol. The molecule has 0 unspecified atom stereocenters. The molecule has 2 aromatic heterocycles. The van der Waals surface area contributed by atoms with E-state index >= 15 is 0 Å². The maximum absolute atomic E-state index is 11.9. The summed E-state index contributed by atoms with van der Waals surface area (Å²) in [7, 11) is 0. The van der Waals surface area contributed by atoms with Crippen LogP contribution in [-0.4, -0.2) is 31.8 Å². The molecule has 0 saturated carbocycles. The smallest absolute Gasteiger partial charge is 0.230 e. The van der Waals surface area contributed by atoms with Crippen LogP contribution in [0, 0.1) is 0 Å². The first-order valence-electron chi connectivity index (χ1n) is 6.60. The molecule has 0 bridgehead atoms. The Morgan fingerprint density at radius 2 is 2.10 bits per heavy atom. The molecule has 2 heterocycles. The van der Waals surface area contributed by atoms with Crippen LogP contribution >= 0.6 is 23.1 Å². The van der Waals surface area contributed by atoms with E-state index in [1.54, 1.807) is 11.3 Å². The van der Waals surface area contributed by atoms with Crippen LogP contribution in [0.2, 0.25) is 0 Å². The van der Waals surface area contributed by atoms with Crippen molar-refractivity contribution in [3.8, 4) is 0 Å². The van der Waals surface area contributed by atoms with E-state index in [1.165, 1.54) is 16.5 Å². The maximum atomic E-state index is 11.9. The van der Waals surface area contributed by atoms with Gasteiger partial charge in [0.15, 0.2) is 5.16 Å².